The molecule has 2 aliphatic rings. The van der Waals surface area contributed by atoms with E-state index in [0.29, 0.717) is 32.7 Å². The van der Waals surface area contributed by atoms with Gasteiger partial charge in [-0.25, -0.2) is 13.1 Å². The lowest BCUT2D eigenvalue weighted by molar-refractivity contribution is -0.117. The smallest absolute Gasteiger partial charge is 0.240 e. The van der Waals surface area contributed by atoms with Gasteiger partial charge in [-0.05, 0) is 43.0 Å². The summed E-state index contributed by atoms with van der Waals surface area (Å²) in [5, 5.41) is 0. The van der Waals surface area contributed by atoms with E-state index in [9.17, 15) is 13.2 Å². The Kier molecular flexibility index (Phi) is 4.46. The van der Waals surface area contributed by atoms with Crippen LogP contribution in [0.4, 0.5) is 5.69 Å². The van der Waals surface area contributed by atoms with Gasteiger partial charge in [0.2, 0.25) is 15.9 Å². The van der Waals surface area contributed by atoms with E-state index in [1.165, 1.54) is 0 Å². The van der Waals surface area contributed by atoms with E-state index in [2.05, 4.69) is 4.72 Å². The van der Waals surface area contributed by atoms with E-state index in [1.54, 1.807) is 29.2 Å². The van der Waals surface area contributed by atoms with Crippen molar-refractivity contribution in [3.63, 3.8) is 0 Å². The summed E-state index contributed by atoms with van der Waals surface area (Å²) >= 11 is 0. The van der Waals surface area contributed by atoms with Gasteiger partial charge in [0.25, 0.3) is 0 Å². The van der Waals surface area contributed by atoms with Crippen molar-refractivity contribution >= 4 is 21.6 Å². The molecule has 1 aromatic rings. The predicted molar refractivity (Wildman–Crippen MR) is 82.1 cm³/mol. The lowest BCUT2D eigenvalue weighted by atomic mass is 10.1. The van der Waals surface area contributed by atoms with Crippen molar-refractivity contribution in [1.29, 1.82) is 0 Å². The number of amides is 1. The molecule has 7 heteroatoms. The molecule has 120 valence electrons. The van der Waals surface area contributed by atoms with E-state index in [0.717, 1.165) is 18.5 Å². The van der Waals surface area contributed by atoms with Crippen molar-refractivity contribution < 1.29 is 17.9 Å². The Balaban J connectivity index is 1.67. The Labute approximate surface area is 130 Å². The number of sulfonamides is 1. The normalized spacial score (nSPS) is 22.5. The van der Waals surface area contributed by atoms with Crippen LogP contribution in [-0.2, 0) is 19.6 Å². The molecule has 0 saturated carbocycles. The second-order valence-corrected chi connectivity index (χ2v) is 7.49. The summed E-state index contributed by atoms with van der Waals surface area (Å²) in [6.07, 6.45) is 2.30. The number of carbonyl (C=O) groups is 1. The van der Waals surface area contributed by atoms with Crippen LogP contribution in [0.5, 0.6) is 0 Å². The summed E-state index contributed by atoms with van der Waals surface area (Å²) in [5.41, 5.74) is 0.755. The molecule has 2 heterocycles. The highest BCUT2D eigenvalue weighted by molar-refractivity contribution is 7.89. The summed E-state index contributed by atoms with van der Waals surface area (Å²) in [6, 6.07) is 6.48. The summed E-state index contributed by atoms with van der Waals surface area (Å²) in [6.45, 7) is 2.41. The molecule has 6 nitrogen and oxygen atoms in total. The lowest BCUT2D eigenvalue weighted by Crippen LogP contribution is -2.29. The largest absolute Gasteiger partial charge is 0.381 e. The molecule has 2 saturated heterocycles. The van der Waals surface area contributed by atoms with E-state index in [4.69, 9.17) is 4.74 Å². The molecule has 0 bridgehead atoms. The van der Waals surface area contributed by atoms with Gasteiger partial charge in [-0.2, -0.15) is 0 Å². The third-order valence-corrected chi connectivity index (χ3v) is 5.56. The third-order valence-electron chi connectivity index (χ3n) is 4.12. The van der Waals surface area contributed by atoms with Gasteiger partial charge in [0, 0.05) is 31.8 Å². The fraction of sp³-hybridized carbons (Fsp3) is 0.533. The molecule has 22 heavy (non-hydrogen) atoms. The van der Waals surface area contributed by atoms with E-state index < -0.39 is 10.0 Å². The number of hydrogen-bond acceptors (Lipinski definition) is 4. The van der Waals surface area contributed by atoms with Crippen LogP contribution in [0.1, 0.15) is 19.3 Å². The standard InChI is InChI=1S/C15H20N2O4S/c18-15-2-1-8-17(15)13-3-5-14(6-4-13)22(19,20)16-10-12-7-9-21-11-12/h3-6,12,16H,1-2,7-11H2. The van der Waals surface area contributed by atoms with Crippen molar-refractivity contribution in [2.45, 2.75) is 24.2 Å². The number of nitrogens with one attached hydrogen (secondary N) is 1. The average Bonchev–Trinajstić information content (AvgIpc) is 3.17. The van der Waals surface area contributed by atoms with Gasteiger partial charge >= 0.3 is 0 Å². The average molecular weight is 324 g/mol. The summed E-state index contributed by atoms with van der Waals surface area (Å²) < 4.78 is 32.4. The third kappa shape index (κ3) is 3.31. The molecule has 1 atom stereocenters. The van der Waals surface area contributed by atoms with Crippen LogP contribution in [0.15, 0.2) is 29.2 Å². The molecule has 2 aliphatic heterocycles. The molecule has 0 aliphatic carbocycles. The maximum Gasteiger partial charge on any atom is 0.240 e. The maximum atomic E-state index is 12.3. The van der Waals surface area contributed by atoms with Crippen molar-refractivity contribution in [3.05, 3.63) is 24.3 Å². The van der Waals surface area contributed by atoms with E-state index in [-0.39, 0.29) is 16.7 Å². The number of carbonyl (C=O) groups excluding carboxylic acids is 1. The zero-order valence-electron chi connectivity index (χ0n) is 12.3. The first-order chi connectivity index (χ1) is 10.6. The van der Waals surface area contributed by atoms with Gasteiger partial charge in [-0.3, -0.25) is 4.79 Å². The van der Waals surface area contributed by atoms with Crippen LogP contribution in [-0.4, -0.2) is 40.6 Å². The molecule has 1 N–H and O–H groups in total. The van der Waals surface area contributed by atoms with Crippen molar-refractivity contribution in [2.24, 2.45) is 5.92 Å². The number of hydrogen-bond donors (Lipinski definition) is 1. The highest BCUT2D eigenvalue weighted by atomic mass is 32.2. The monoisotopic (exact) mass is 324 g/mol. The summed E-state index contributed by atoms with van der Waals surface area (Å²) in [4.78, 5) is 13.6. The Morgan fingerprint density at radius 1 is 1.27 bits per heavy atom. The Bertz CT molecular complexity index is 636. The van der Waals surface area contributed by atoms with Gasteiger partial charge in [0.05, 0.1) is 11.5 Å². The first-order valence-corrected chi connectivity index (χ1v) is 9.02. The molecular weight excluding hydrogens is 304 g/mol. The first kappa shape index (κ1) is 15.5. The molecule has 1 unspecified atom stereocenters. The molecule has 0 radical (unpaired) electrons. The number of rotatable bonds is 5. The zero-order chi connectivity index (χ0) is 15.6. The minimum atomic E-state index is -3.51. The highest BCUT2D eigenvalue weighted by Gasteiger charge is 2.23. The molecule has 0 spiro atoms. The van der Waals surface area contributed by atoms with Crippen molar-refractivity contribution in [3.8, 4) is 0 Å². The molecule has 1 aromatic carbocycles. The minimum Gasteiger partial charge on any atom is -0.381 e. The van der Waals surface area contributed by atoms with Crippen LogP contribution < -0.4 is 9.62 Å². The van der Waals surface area contributed by atoms with Crippen LogP contribution in [0.25, 0.3) is 0 Å². The minimum absolute atomic E-state index is 0.0926. The zero-order valence-corrected chi connectivity index (χ0v) is 13.1. The first-order valence-electron chi connectivity index (χ1n) is 7.54. The maximum absolute atomic E-state index is 12.3. The SMILES string of the molecule is O=C1CCCN1c1ccc(S(=O)(=O)NCC2CCOC2)cc1. The van der Waals surface area contributed by atoms with Crippen LogP contribution >= 0.6 is 0 Å². The Morgan fingerprint density at radius 3 is 2.64 bits per heavy atom. The van der Waals surface area contributed by atoms with E-state index >= 15 is 0 Å². The molecule has 3 rings (SSSR count). The molecule has 0 aromatic heterocycles. The van der Waals surface area contributed by atoms with Gasteiger partial charge < -0.3 is 9.64 Å². The quantitative estimate of drug-likeness (QED) is 0.881. The topological polar surface area (TPSA) is 75.7 Å². The Hall–Kier alpha value is -1.44. The second kappa shape index (κ2) is 6.36. The second-order valence-electron chi connectivity index (χ2n) is 5.72. The van der Waals surface area contributed by atoms with Gasteiger partial charge in [0.15, 0.2) is 0 Å². The van der Waals surface area contributed by atoms with Gasteiger partial charge in [-0.15, -0.1) is 0 Å². The summed E-state index contributed by atoms with van der Waals surface area (Å²) in [7, 11) is -3.51. The molecule has 1 amide bonds. The predicted octanol–water partition coefficient (Wildman–Crippen LogP) is 1.13. The van der Waals surface area contributed by atoms with Crippen LogP contribution in [0.2, 0.25) is 0 Å². The van der Waals surface area contributed by atoms with Gasteiger partial charge in [0.1, 0.15) is 0 Å². The number of benzene rings is 1. The van der Waals surface area contributed by atoms with Crippen LogP contribution in [0, 0.1) is 5.92 Å². The van der Waals surface area contributed by atoms with Crippen LogP contribution in [0.3, 0.4) is 0 Å². The number of nitrogens with zero attached hydrogens (tertiary/aromatic N) is 1. The Morgan fingerprint density at radius 2 is 2.05 bits per heavy atom. The fourth-order valence-electron chi connectivity index (χ4n) is 2.78. The molecular formula is C15H20N2O4S. The van der Waals surface area contributed by atoms with E-state index in [1.807, 2.05) is 0 Å². The lowest BCUT2D eigenvalue weighted by Gasteiger charge is -2.16. The summed E-state index contributed by atoms with van der Waals surface area (Å²) in [5.74, 6) is 0.339. The van der Waals surface area contributed by atoms with Crippen molar-refractivity contribution in [2.75, 3.05) is 31.2 Å². The fourth-order valence-corrected chi connectivity index (χ4v) is 3.90. The molecule has 2 fully saturated rings. The van der Waals surface area contributed by atoms with Crippen molar-refractivity contribution in [1.82, 2.24) is 4.72 Å². The highest BCUT2D eigenvalue weighted by Crippen LogP contribution is 2.23. The number of anilines is 1. The number of ether oxygens (including phenoxy) is 1. The van der Waals surface area contributed by atoms with Gasteiger partial charge in [-0.1, -0.05) is 0 Å².